The number of morpholine rings is 1. The summed E-state index contributed by atoms with van der Waals surface area (Å²) >= 11 is 0. The van der Waals surface area contributed by atoms with Crippen LogP contribution in [-0.2, 0) is 11.8 Å². The van der Waals surface area contributed by atoms with Crippen LogP contribution < -0.4 is 15.0 Å². The van der Waals surface area contributed by atoms with Gasteiger partial charge in [-0.25, -0.2) is 9.97 Å². The molecule has 1 aliphatic heterocycles. The molecular weight excluding hydrogens is 446 g/mol. The molecule has 11 heteroatoms. The smallest absolute Gasteiger partial charge is 0.223 e. The number of rotatable bonds is 5. The van der Waals surface area contributed by atoms with E-state index in [1.165, 1.54) is 6.20 Å². The molecule has 11 nitrogen and oxygen atoms in total. The highest BCUT2D eigenvalue weighted by Crippen LogP contribution is 2.31. The number of fused-ring (bicyclic) bond motifs is 1. The molecule has 0 spiro atoms. The Morgan fingerprint density at radius 2 is 1.94 bits per heavy atom. The van der Waals surface area contributed by atoms with Crippen LogP contribution in [0.25, 0.3) is 11.2 Å². The Bertz CT molecular complexity index is 1400. The number of ether oxygens (including phenoxy) is 2. The van der Waals surface area contributed by atoms with Crippen molar-refractivity contribution in [2.45, 2.75) is 33.0 Å². The summed E-state index contributed by atoms with van der Waals surface area (Å²) in [6.45, 7) is 7.52. The van der Waals surface area contributed by atoms with E-state index in [4.69, 9.17) is 14.7 Å². The van der Waals surface area contributed by atoms with E-state index in [1.54, 1.807) is 18.5 Å². The second kappa shape index (κ2) is 9.15. The van der Waals surface area contributed by atoms with E-state index < -0.39 is 0 Å². The third-order valence-electron chi connectivity index (χ3n) is 5.69. The van der Waals surface area contributed by atoms with E-state index in [1.807, 2.05) is 36.7 Å². The van der Waals surface area contributed by atoms with Gasteiger partial charge in [-0.2, -0.15) is 10.2 Å². The standard InChI is InChI=1S/C24H25N9O2/c1-14-7-17(9-25)26-10-19(14)35-22-8-18(23-24(29-22)32(4)13-27-23)28-20-5-6-21(31-30-20)33-11-15(2)34-16(3)12-33/h5-8,10,13,15-16H,11-12H2,1-4H3,(H,28,29,30). The molecule has 178 valence electrons. The number of pyridine rings is 2. The predicted octanol–water partition coefficient (Wildman–Crippen LogP) is 3.48. The van der Waals surface area contributed by atoms with Gasteiger partial charge in [0.25, 0.3) is 0 Å². The third-order valence-corrected chi connectivity index (χ3v) is 5.69. The number of nitriles is 1. The Hall–Kier alpha value is -4.30. The zero-order chi connectivity index (χ0) is 24.5. The predicted molar refractivity (Wildman–Crippen MR) is 130 cm³/mol. The number of hydrogen-bond acceptors (Lipinski definition) is 10. The summed E-state index contributed by atoms with van der Waals surface area (Å²) in [5, 5.41) is 21.2. The number of aryl methyl sites for hydroxylation is 2. The summed E-state index contributed by atoms with van der Waals surface area (Å²) in [7, 11) is 1.86. The van der Waals surface area contributed by atoms with Crippen LogP contribution in [0.1, 0.15) is 25.1 Å². The van der Waals surface area contributed by atoms with Crippen LogP contribution in [0, 0.1) is 18.3 Å². The topological polar surface area (TPSA) is 127 Å². The van der Waals surface area contributed by atoms with Crippen molar-refractivity contribution in [3.05, 3.63) is 48.0 Å². The monoisotopic (exact) mass is 471 g/mol. The van der Waals surface area contributed by atoms with Crippen molar-refractivity contribution in [1.82, 2.24) is 29.7 Å². The van der Waals surface area contributed by atoms with Crippen LogP contribution in [0.3, 0.4) is 0 Å². The number of imidazole rings is 1. The van der Waals surface area contributed by atoms with Gasteiger partial charge in [0.05, 0.1) is 30.4 Å². The number of nitrogens with one attached hydrogen (secondary N) is 1. The number of aromatic nitrogens is 6. The second-order valence-electron chi connectivity index (χ2n) is 8.65. The molecule has 1 aliphatic rings. The lowest BCUT2D eigenvalue weighted by Gasteiger charge is -2.35. The number of hydrogen-bond donors (Lipinski definition) is 1. The normalized spacial score (nSPS) is 17.9. The van der Waals surface area contributed by atoms with Crippen LogP contribution in [0.5, 0.6) is 11.6 Å². The fourth-order valence-electron chi connectivity index (χ4n) is 4.11. The van der Waals surface area contributed by atoms with Crippen LogP contribution in [0.4, 0.5) is 17.3 Å². The molecule has 4 aromatic heterocycles. The van der Waals surface area contributed by atoms with Crippen molar-refractivity contribution in [1.29, 1.82) is 5.26 Å². The molecular formula is C24H25N9O2. The average Bonchev–Trinajstić information content (AvgIpc) is 3.21. The van der Waals surface area contributed by atoms with Crippen LogP contribution in [0.2, 0.25) is 0 Å². The maximum absolute atomic E-state index is 9.06. The van der Waals surface area contributed by atoms with E-state index in [2.05, 4.69) is 49.2 Å². The van der Waals surface area contributed by atoms with Gasteiger partial charge in [0.1, 0.15) is 17.3 Å². The first-order chi connectivity index (χ1) is 16.9. The Kier molecular flexibility index (Phi) is 5.88. The van der Waals surface area contributed by atoms with Gasteiger partial charge in [-0.1, -0.05) is 0 Å². The summed E-state index contributed by atoms with van der Waals surface area (Å²) < 4.78 is 13.6. The van der Waals surface area contributed by atoms with Gasteiger partial charge < -0.3 is 24.3 Å². The summed E-state index contributed by atoms with van der Waals surface area (Å²) in [4.78, 5) is 15.3. The molecule has 35 heavy (non-hydrogen) atoms. The molecule has 5 rings (SSSR count). The minimum atomic E-state index is 0.140. The molecule has 1 N–H and O–H groups in total. The van der Waals surface area contributed by atoms with Crippen LogP contribution >= 0.6 is 0 Å². The highest BCUT2D eigenvalue weighted by atomic mass is 16.5. The third kappa shape index (κ3) is 4.69. The first kappa shape index (κ1) is 22.5. The van der Waals surface area contributed by atoms with Gasteiger partial charge in [-0.05, 0) is 44.5 Å². The SMILES string of the molecule is Cc1cc(C#N)ncc1Oc1cc(Nc2ccc(N3CC(C)OC(C)C3)nn2)c2ncn(C)c2n1. The molecule has 0 bridgehead atoms. The van der Waals surface area contributed by atoms with Crippen LogP contribution in [0.15, 0.2) is 36.8 Å². The lowest BCUT2D eigenvalue weighted by Crippen LogP contribution is -2.45. The molecule has 0 amide bonds. The van der Waals surface area contributed by atoms with Crippen molar-refractivity contribution in [3.63, 3.8) is 0 Å². The molecule has 4 aromatic rings. The molecule has 1 fully saturated rings. The molecule has 0 aliphatic carbocycles. The van der Waals surface area contributed by atoms with Gasteiger partial charge in [0, 0.05) is 26.2 Å². The fourth-order valence-corrected chi connectivity index (χ4v) is 4.11. The van der Waals surface area contributed by atoms with E-state index in [0.29, 0.717) is 40.0 Å². The van der Waals surface area contributed by atoms with Gasteiger partial charge in [-0.3, -0.25) is 0 Å². The second-order valence-corrected chi connectivity index (χ2v) is 8.65. The molecule has 2 atom stereocenters. The molecule has 0 aromatic carbocycles. The van der Waals surface area contributed by atoms with Crippen LogP contribution in [-0.4, -0.2) is 55.0 Å². The van der Waals surface area contributed by atoms with Gasteiger partial charge in [-0.15, -0.1) is 10.2 Å². The first-order valence-electron chi connectivity index (χ1n) is 11.3. The van der Waals surface area contributed by atoms with Gasteiger partial charge >= 0.3 is 0 Å². The number of nitrogens with zero attached hydrogens (tertiary/aromatic N) is 8. The largest absolute Gasteiger partial charge is 0.437 e. The quantitative estimate of drug-likeness (QED) is 0.462. The molecule has 0 radical (unpaired) electrons. The maximum Gasteiger partial charge on any atom is 0.223 e. The van der Waals surface area contributed by atoms with E-state index in [9.17, 15) is 0 Å². The maximum atomic E-state index is 9.06. The Labute approximate surface area is 202 Å². The van der Waals surface area contributed by atoms with Crippen molar-refractivity contribution in [2.24, 2.45) is 7.05 Å². The lowest BCUT2D eigenvalue weighted by molar-refractivity contribution is -0.00550. The van der Waals surface area contributed by atoms with Crippen molar-refractivity contribution < 1.29 is 9.47 Å². The zero-order valence-electron chi connectivity index (χ0n) is 19.9. The minimum absolute atomic E-state index is 0.140. The van der Waals surface area contributed by atoms with Crippen molar-refractivity contribution in [3.8, 4) is 17.7 Å². The zero-order valence-corrected chi connectivity index (χ0v) is 19.9. The molecule has 5 heterocycles. The van der Waals surface area contributed by atoms with Gasteiger partial charge in [0.15, 0.2) is 23.0 Å². The Morgan fingerprint density at radius 3 is 2.63 bits per heavy atom. The summed E-state index contributed by atoms with van der Waals surface area (Å²) in [5.41, 5.74) is 3.11. The van der Waals surface area contributed by atoms with E-state index in [0.717, 1.165) is 24.5 Å². The first-order valence-corrected chi connectivity index (χ1v) is 11.3. The van der Waals surface area contributed by atoms with E-state index in [-0.39, 0.29) is 12.2 Å². The highest BCUT2D eigenvalue weighted by molar-refractivity contribution is 5.88. The Balaban J connectivity index is 1.42. The summed E-state index contributed by atoms with van der Waals surface area (Å²) in [6, 6.07) is 9.29. The molecule has 0 saturated carbocycles. The summed E-state index contributed by atoms with van der Waals surface area (Å²) in [6.07, 6.45) is 3.49. The van der Waals surface area contributed by atoms with Gasteiger partial charge in [0.2, 0.25) is 5.88 Å². The Morgan fingerprint density at radius 1 is 1.14 bits per heavy atom. The fraction of sp³-hybridized carbons (Fsp3) is 0.333. The minimum Gasteiger partial charge on any atom is -0.437 e. The summed E-state index contributed by atoms with van der Waals surface area (Å²) in [5.74, 6) is 2.26. The van der Waals surface area contributed by atoms with E-state index >= 15 is 0 Å². The molecule has 1 saturated heterocycles. The van der Waals surface area contributed by atoms with Crippen molar-refractivity contribution >= 4 is 28.5 Å². The molecule has 2 unspecified atom stereocenters. The lowest BCUT2D eigenvalue weighted by atomic mass is 10.2. The van der Waals surface area contributed by atoms with Crippen molar-refractivity contribution in [2.75, 3.05) is 23.3 Å². The average molecular weight is 472 g/mol. The highest BCUT2D eigenvalue weighted by Gasteiger charge is 2.23. The number of anilines is 3.